The molecule has 0 saturated carbocycles. The monoisotopic (exact) mass is 343 g/mol. The minimum absolute atomic E-state index is 0.285. The van der Waals surface area contributed by atoms with E-state index < -0.39 is 5.97 Å². The third-order valence-corrected chi connectivity index (χ3v) is 3.21. The maximum Gasteiger partial charge on any atom is 0.357 e. The lowest BCUT2D eigenvalue weighted by Crippen LogP contribution is -2.05. The summed E-state index contributed by atoms with van der Waals surface area (Å²) in [4.78, 5) is 15.7. The van der Waals surface area contributed by atoms with Crippen molar-refractivity contribution in [2.75, 3.05) is 7.11 Å². The van der Waals surface area contributed by atoms with Gasteiger partial charge >= 0.3 is 5.97 Å². The number of aromatic nitrogens is 1. The smallest absolute Gasteiger partial charge is 0.357 e. The number of benzene rings is 1. The van der Waals surface area contributed by atoms with Gasteiger partial charge in [-0.15, -0.1) is 0 Å². The number of fused-ring (bicyclic) bond motifs is 1. The van der Waals surface area contributed by atoms with Crippen LogP contribution < -0.4 is 0 Å². The minimum Gasteiger partial charge on any atom is -0.464 e. The van der Waals surface area contributed by atoms with E-state index in [-0.39, 0.29) is 5.69 Å². The number of pyridine rings is 1. The van der Waals surface area contributed by atoms with Crippen molar-refractivity contribution in [3.05, 3.63) is 38.9 Å². The molecule has 0 unspecified atom stereocenters. The fourth-order valence-corrected chi connectivity index (χ4v) is 2.20. The SMILES string of the molecule is COC(=O)c1nc2cc(Br)ccc2cc1Br. The molecule has 0 spiro atoms. The predicted octanol–water partition coefficient (Wildman–Crippen LogP) is 3.55. The molecule has 0 aliphatic heterocycles. The van der Waals surface area contributed by atoms with E-state index in [1.54, 1.807) is 0 Å². The number of carbonyl (C=O) groups is 1. The second-order valence-corrected chi connectivity index (χ2v) is 4.92. The molecule has 1 aromatic carbocycles. The van der Waals surface area contributed by atoms with Crippen LogP contribution in [-0.2, 0) is 4.74 Å². The van der Waals surface area contributed by atoms with Gasteiger partial charge in [-0.3, -0.25) is 0 Å². The normalized spacial score (nSPS) is 10.4. The van der Waals surface area contributed by atoms with Crippen LogP contribution in [0.15, 0.2) is 33.2 Å². The molecule has 2 rings (SSSR count). The lowest BCUT2D eigenvalue weighted by Gasteiger charge is -2.04. The molecule has 0 radical (unpaired) electrons. The van der Waals surface area contributed by atoms with Crippen LogP contribution in [0.5, 0.6) is 0 Å². The average Bonchev–Trinajstić information content (AvgIpc) is 2.28. The molecule has 0 bridgehead atoms. The Morgan fingerprint density at radius 1 is 1.31 bits per heavy atom. The summed E-state index contributed by atoms with van der Waals surface area (Å²) in [5.74, 6) is -0.450. The number of carbonyl (C=O) groups excluding carboxylic acids is 1. The highest BCUT2D eigenvalue weighted by atomic mass is 79.9. The third kappa shape index (κ3) is 2.10. The fraction of sp³-hybridized carbons (Fsp3) is 0.0909. The highest BCUT2D eigenvalue weighted by Gasteiger charge is 2.13. The Bertz CT molecular complexity index is 569. The molecule has 1 heterocycles. The van der Waals surface area contributed by atoms with E-state index >= 15 is 0 Å². The van der Waals surface area contributed by atoms with Gasteiger partial charge in [-0.2, -0.15) is 0 Å². The molecule has 0 aliphatic rings. The minimum atomic E-state index is -0.450. The summed E-state index contributed by atoms with van der Waals surface area (Å²) in [5.41, 5.74) is 1.03. The van der Waals surface area contributed by atoms with Crippen molar-refractivity contribution in [1.29, 1.82) is 0 Å². The predicted molar refractivity (Wildman–Crippen MR) is 68.5 cm³/mol. The van der Waals surface area contributed by atoms with Gasteiger partial charge < -0.3 is 4.74 Å². The van der Waals surface area contributed by atoms with Crippen molar-refractivity contribution in [2.45, 2.75) is 0 Å². The first-order valence-electron chi connectivity index (χ1n) is 4.46. The standard InChI is InChI=1S/C11H7Br2NO2/c1-16-11(15)10-8(13)4-6-2-3-7(12)5-9(6)14-10/h2-5H,1H3. The third-order valence-electron chi connectivity index (χ3n) is 2.11. The zero-order chi connectivity index (χ0) is 11.7. The number of rotatable bonds is 1. The largest absolute Gasteiger partial charge is 0.464 e. The average molecular weight is 345 g/mol. The van der Waals surface area contributed by atoms with Gasteiger partial charge in [-0.25, -0.2) is 9.78 Å². The van der Waals surface area contributed by atoms with Crippen LogP contribution in [0.4, 0.5) is 0 Å². The molecule has 2 aromatic rings. The number of ether oxygens (including phenoxy) is 1. The molecule has 5 heteroatoms. The molecule has 0 saturated heterocycles. The molecule has 0 aliphatic carbocycles. The molecular weight excluding hydrogens is 338 g/mol. The summed E-state index contributed by atoms with van der Waals surface area (Å²) in [6, 6.07) is 7.56. The van der Waals surface area contributed by atoms with Gasteiger partial charge in [0.25, 0.3) is 0 Å². The number of nitrogens with zero attached hydrogens (tertiary/aromatic N) is 1. The van der Waals surface area contributed by atoms with Crippen molar-refractivity contribution < 1.29 is 9.53 Å². The quantitative estimate of drug-likeness (QED) is 0.743. The summed E-state index contributed by atoms with van der Waals surface area (Å²) in [6.07, 6.45) is 0. The Balaban J connectivity index is 2.68. The Labute approximate surface area is 109 Å². The Morgan fingerprint density at radius 2 is 2.06 bits per heavy atom. The van der Waals surface area contributed by atoms with Crippen molar-refractivity contribution in [2.24, 2.45) is 0 Å². The van der Waals surface area contributed by atoms with Crippen LogP contribution in [0.1, 0.15) is 10.5 Å². The summed E-state index contributed by atoms with van der Waals surface area (Å²) >= 11 is 6.66. The molecule has 0 amide bonds. The van der Waals surface area contributed by atoms with Gasteiger partial charge in [0, 0.05) is 9.86 Å². The zero-order valence-corrected chi connectivity index (χ0v) is 11.5. The lowest BCUT2D eigenvalue weighted by molar-refractivity contribution is 0.0593. The number of halogens is 2. The molecular formula is C11H7Br2NO2. The van der Waals surface area contributed by atoms with Gasteiger partial charge in [0.1, 0.15) is 0 Å². The van der Waals surface area contributed by atoms with Crippen molar-refractivity contribution in [3.63, 3.8) is 0 Å². The zero-order valence-electron chi connectivity index (χ0n) is 8.33. The highest BCUT2D eigenvalue weighted by Crippen LogP contribution is 2.24. The molecule has 0 N–H and O–H groups in total. The number of esters is 1. The van der Waals surface area contributed by atoms with Crippen LogP contribution in [0.3, 0.4) is 0 Å². The van der Waals surface area contributed by atoms with E-state index in [4.69, 9.17) is 0 Å². The molecule has 82 valence electrons. The highest BCUT2D eigenvalue weighted by molar-refractivity contribution is 9.10. The van der Waals surface area contributed by atoms with E-state index in [0.29, 0.717) is 4.47 Å². The van der Waals surface area contributed by atoms with Crippen LogP contribution >= 0.6 is 31.9 Å². The van der Waals surface area contributed by atoms with Gasteiger partial charge in [0.15, 0.2) is 5.69 Å². The molecule has 3 nitrogen and oxygen atoms in total. The maximum absolute atomic E-state index is 11.4. The second-order valence-electron chi connectivity index (χ2n) is 3.15. The van der Waals surface area contributed by atoms with Crippen molar-refractivity contribution >= 4 is 48.7 Å². The maximum atomic E-state index is 11.4. The van der Waals surface area contributed by atoms with Crippen LogP contribution in [-0.4, -0.2) is 18.1 Å². The first-order valence-corrected chi connectivity index (χ1v) is 6.04. The van der Waals surface area contributed by atoms with Crippen LogP contribution in [0.2, 0.25) is 0 Å². The van der Waals surface area contributed by atoms with E-state index in [2.05, 4.69) is 41.6 Å². The van der Waals surface area contributed by atoms with Gasteiger partial charge in [-0.05, 0) is 34.1 Å². The number of methoxy groups -OCH3 is 1. The Hall–Kier alpha value is -0.940. The molecule has 16 heavy (non-hydrogen) atoms. The van der Waals surface area contributed by atoms with Gasteiger partial charge in [0.2, 0.25) is 0 Å². The van der Waals surface area contributed by atoms with Gasteiger partial charge in [0.05, 0.1) is 17.1 Å². The van der Waals surface area contributed by atoms with Crippen LogP contribution in [0, 0.1) is 0 Å². The van der Waals surface area contributed by atoms with Crippen LogP contribution in [0.25, 0.3) is 10.9 Å². The fourth-order valence-electron chi connectivity index (χ4n) is 1.35. The topological polar surface area (TPSA) is 39.2 Å². The summed E-state index contributed by atoms with van der Waals surface area (Å²) in [6.45, 7) is 0. The van der Waals surface area contributed by atoms with Crippen molar-refractivity contribution in [1.82, 2.24) is 4.98 Å². The van der Waals surface area contributed by atoms with E-state index in [9.17, 15) is 4.79 Å². The number of hydrogen-bond acceptors (Lipinski definition) is 3. The van der Waals surface area contributed by atoms with E-state index in [0.717, 1.165) is 15.4 Å². The summed E-state index contributed by atoms with van der Waals surface area (Å²) in [7, 11) is 1.33. The van der Waals surface area contributed by atoms with Gasteiger partial charge in [-0.1, -0.05) is 22.0 Å². The summed E-state index contributed by atoms with van der Waals surface area (Å²) in [5, 5.41) is 0.961. The van der Waals surface area contributed by atoms with E-state index in [1.807, 2.05) is 24.3 Å². The summed E-state index contributed by atoms with van der Waals surface area (Å²) < 4.78 is 6.21. The Kier molecular flexibility index (Phi) is 3.25. The first kappa shape index (κ1) is 11.5. The number of hydrogen-bond donors (Lipinski definition) is 0. The van der Waals surface area contributed by atoms with E-state index in [1.165, 1.54) is 7.11 Å². The molecule has 0 fully saturated rings. The Morgan fingerprint density at radius 3 is 2.75 bits per heavy atom. The van der Waals surface area contributed by atoms with Crippen molar-refractivity contribution in [3.8, 4) is 0 Å². The first-order chi connectivity index (χ1) is 7.61. The molecule has 0 atom stereocenters. The molecule has 1 aromatic heterocycles. The lowest BCUT2D eigenvalue weighted by atomic mass is 10.2. The second kappa shape index (κ2) is 4.51.